The molecule has 0 aromatic heterocycles. The average Bonchev–Trinajstić information content (AvgIpc) is 3.67. The smallest absolute Gasteiger partial charge is 0.316 e. The van der Waals surface area contributed by atoms with E-state index in [2.05, 4.69) is 5.32 Å². The summed E-state index contributed by atoms with van der Waals surface area (Å²) < 4.78 is 51.7. The van der Waals surface area contributed by atoms with Gasteiger partial charge in [-0.05, 0) is 68.5 Å². The van der Waals surface area contributed by atoms with Crippen LogP contribution in [0.15, 0.2) is 47.4 Å². The van der Waals surface area contributed by atoms with Crippen LogP contribution in [0.1, 0.15) is 38.2 Å². The van der Waals surface area contributed by atoms with E-state index in [0.29, 0.717) is 25.1 Å². The van der Waals surface area contributed by atoms with Crippen LogP contribution in [-0.4, -0.2) is 51.4 Å². The topological polar surface area (TPSA) is 102 Å². The summed E-state index contributed by atoms with van der Waals surface area (Å²) in [6.45, 7) is 2.32. The van der Waals surface area contributed by atoms with Gasteiger partial charge >= 0.3 is 5.97 Å². The van der Waals surface area contributed by atoms with E-state index in [1.165, 1.54) is 17.5 Å². The van der Waals surface area contributed by atoms with Gasteiger partial charge in [0.15, 0.2) is 0 Å². The maximum absolute atomic E-state index is 13.8. The summed E-state index contributed by atoms with van der Waals surface area (Å²) in [5.41, 5.74) is 0.826. The lowest BCUT2D eigenvalue weighted by Gasteiger charge is -2.31. The van der Waals surface area contributed by atoms with Gasteiger partial charge in [0.05, 0.1) is 25.0 Å². The first-order valence-electron chi connectivity index (χ1n) is 11.6. The molecule has 2 aromatic rings. The van der Waals surface area contributed by atoms with E-state index in [1.807, 2.05) is 12.1 Å². The zero-order valence-corrected chi connectivity index (χ0v) is 20.6. The lowest BCUT2D eigenvalue weighted by atomic mass is 9.95. The summed E-state index contributed by atoms with van der Waals surface area (Å²) in [4.78, 5) is 25.0. The normalized spacial score (nSPS) is 19.6. The van der Waals surface area contributed by atoms with Crippen LogP contribution in [0.2, 0.25) is 0 Å². The molecule has 188 valence electrons. The Morgan fingerprint density at radius 1 is 1.17 bits per heavy atom. The third kappa shape index (κ3) is 5.04. The number of rotatable bonds is 8. The quantitative estimate of drug-likeness (QED) is 0.553. The van der Waals surface area contributed by atoms with E-state index in [-0.39, 0.29) is 35.6 Å². The fraction of sp³-hybridized carbons (Fsp3) is 0.440. The third-order valence-electron chi connectivity index (χ3n) is 6.62. The molecule has 4 rings (SSSR count). The van der Waals surface area contributed by atoms with E-state index in [0.717, 1.165) is 30.5 Å². The molecule has 10 heteroatoms. The molecule has 0 spiro atoms. The van der Waals surface area contributed by atoms with Crippen LogP contribution >= 0.6 is 0 Å². The molecule has 1 saturated carbocycles. The Balaban J connectivity index is 1.44. The molecule has 1 aliphatic carbocycles. The van der Waals surface area contributed by atoms with E-state index in [9.17, 15) is 22.4 Å². The highest BCUT2D eigenvalue weighted by Crippen LogP contribution is 2.49. The minimum atomic E-state index is -4.05. The lowest BCUT2D eigenvalue weighted by Crippen LogP contribution is -2.43. The number of benzene rings is 2. The molecule has 1 heterocycles. The number of carbonyl (C=O) groups excluding carboxylic acids is 2. The minimum Gasteiger partial charge on any atom is -0.495 e. The fourth-order valence-electron chi connectivity index (χ4n) is 4.49. The van der Waals surface area contributed by atoms with E-state index < -0.39 is 27.2 Å². The molecule has 35 heavy (non-hydrogen) atoms. The van der Waals surface area contributed by atoms with Crippen molar-refractivity contribution in [2.24, 2.45) is 5.92 Å². The fourth-order valence-corrected chi connectivity index (χ4v) is 6.18. The van der Waals surface area contributed by atoms with Gasteiger partial charge in [0.1, 0.15) is 16.5 Å². The van der Waals surface area contributed by atoms with Crippen molar-refractivity contribution in [1.82, 2.24) is 4.31 Å². The lowest BCUT2D eigenvalue weighted by molar-refractivity contribution is -0.146. The Morgan fingerprint density at radius 3 is 2.51 bits per heavy atom. The number of hydrogen-bond acceptors (Lipinski definition) is 6. The molecule has 1 unspecified atom stereocenters. The van der Waals surface area contributed by atoms with Crippen LogP contribution in [0.3, 0.4) is 0 Å². The van der Waals surface area contributed by atoms with Crippen LogP contribution in [0, 0.1) is 11.7 Å². The van der Waals surface area contributed by atoms with Gasteiger partial charge in [0.2, 0.25) is 15.9 Å². The van der Waals surface area contributed by atoms with Crippen LogP contribution < -0.4 is 10.1 Å². The van der Waals surface area contributed by atoms with Crippen LogP contribution in [0.25, 0.3) is 0 Å². The van der Waals surface area contributed by atoms with E-state index >= 15 is 0 Å². The monoisotopic (exact) mass is 504 g/mol. The number of nitrogens with zero attached hydrogens (tertiary/aromatic N) is 1. The van der Waals surface area contributed by atoms with Gasteiger partial charge in [-0.2, -0.15) is 4.31 Å². The number of anilines is 1. The first-order valence-corrected chi connectivity index (χ1v) is 13.1. The molecule has 8 nitrogen and oxygen atoms in total. The highest BCUT2D eigenvalue weighted by atomic mass is 32.2. The number of sulfonamides is 1. The minimum absolute atomic E-state index is 0.0160. The van der Waals surface area contributed by atoms with Crippen molar-refractivity contribution in [2.75, 3.05) is 32.1 Å². The molecule has 2 aromatic carbocycles. The first-order chi connectivity index (χ1) is 16.7. The number of methoxy groups -OCH3 is 1. The van der Waals surface area contributed by atoms with Crippen LogP contribution in [-0.2, 0) is 29.8 Å². The van der Waals surface area contributed by atoms with Gasteiger partial charge < -0.3 is 14.8 Å². The summed E-state index contributed by atoms with van der Waals surface area (Å²) in [7, 11) is -2.73. The van der Waals surface area contributed by atoms with E-state index in [4.69, 9.17) is 9.47 Å². The molecule has 1 atom stereocenters. The molecule has 1 amide bonds. The number of carbonyl (C=O) groups is 2. The second kappa shape index (κ2) is 9.94. The van der Waals surface area contributed by atoms with Crippen LogP contribution in [0.4, 0.5) is 10.1 Å². The largest absolute Gasteiger partial charge is 0.495 e. The van der Waals surface area contributed by atoms with Gasteiger partial charge in [-0.25, -0.2) is 12.8 Å². The molecule has 1 saturated heterocycles. The molecule has 1 aliphatic heterocycles. The summed E-state index contributed by atoms with van der Waals surface area (Å²) in [6.07, 6.45) is 2.50. The Morgan fingerprint density at radius 2 is 1.89 bits per heavy atom. The maximum Gasteiger partial charge on any atom is 0.316 e. The molecule has 0 bridgehead atoms. The van der Waals surface area contributed by atoms with Crippen molar-refractivity contribution in [2.45, 2.75) is 42.9 Å². The molecule has 0 radical (unpaired) electrons. The summed E-state index contributed by atoms with van der Waals surface area (Å²) in [5, 5.41) is 2.85. The third-order valence-corrected chi connectivity index (χ3v) is 8.51. The number of amides is 1. The second-order valence-electron chi connectivity index (χ2n) is 8.87. The van der Waals surface area contributed by atoms with Gasteiger partial charge in [-0.15, -0.1) is 0 Å². The molecule has 2 aliphatic rings. The van der Waals surface area contributed by atoms with Crippen molar-refractivity contribution < 1.29 is 31.9 Å². The maximum atomic E-state index is 13.8. The van der Waals surface area contributed by atoms with Crippen molar-refractivity contribution in [3.8, 4) is 5.75 Å². The van der Waals surface area contributed by atoms with Crippen molar-refractivity contribution in [1.29, 1.82) is 0 Å². The number of halogens is 1. The Bertz CT molecular complexity index is 1210. The van der Waals surface area contributed by atoms with Crippen molar-refractivity contribution in [3.05, 3.63) is 53.8 Å². The molecule has 1 N–H and O–H groups in total. The van der Waals surface area contributed by atoms with Gasteiger partial charge in [0, 0.05) is 18.8 Å². The Hall–Kier alpha value is -2.98. The van der Waals surface area contributed by atoms with Gasteiger partial charge in [0.25, 0.3) is 0 Å². The molecule has 2 fully saturated rings. The van der Waals surface area contributed by atoms with Crippen molar-refractivity contribution in [3.63, 3.8) is 0 Å². The van der Waals surface area contributed by atoms with Gasteiger partial charge in [-0.3, -0.25) is 9.59 Å². The molecular weight excluding hydrogens is 475 g/mol. The summed E-state index contributed by atoms with van der Waals surface area (Å²) in [6, 6.07) is 10.4. The Kier molecular flexibility index (Phi) is 7.14. The molecular formula is C25H29FN2O6S. The summed E-state index contributed by atoms with van der Waals surface area (Å²) in [5.74, 6) is -1.72. The number of ether oxygens (including phenoxy) is 2. The average molecular weight is 505 g/mol. The number of esters is 1. The van der Waals surface area contributed by atoms with Crippen molar-refractivity contribution >= 4 is 27.6 Å². The highest BCUT2D eigenvalue weighted by Gasteiger charge is 2.52. The zero-order chi connectivity index (χ0) is 25.2. The van der Waals surface area contributed by atoms with Crippen LogP contribution in [0.5, 0.6) is 5.75 Å². The Labute approximate surface area is 204 Å². The van der Waals surface area contributed by atoms with E-state index in [1.54, 1.807) is 19.1 Å². The SMILES string of the molecule is CCOC(=O)C1(c2ccc(NC(=O)C3CCCN(S(=O)(=O)c4cc(F)ccc4OC)C3)cc2)CC1. The highest BCUT2D eigenvalue weighted by molar-refractivity contribution is 7.89. The predicted octanol–water partition coefficient (Wildman–Crippen LogP) is 3.47. The number of nitrogens with one attached hydrogen (secondary N) is 1. The first kappa shape index (κ1) is 25.1. The standard InChI is InChI=1S/C25H29FN2O6S/c1-3-34-24(30)25(12-13-25)18-6-9-20(10-7-18)27-23(29)17-5-4-14-28(16-17)35(31,32)22-15-19(26)8-11-21(22)33-2/h6-11,15,17H,3-5,12-14,16H2,1-2H3,(H,27,29). The zero-order valence-electron chi connectivity index (χ0n) is 19.8. The number of piperidine rings is 1. The number of hydrogen-bond donors (Lipinski definition) is 1. The summed E-state index contributed by atoms with van der Waals surface area (Å²) >= 11 is 0. The van der Waals surface area contributed by atoms with Gasteiger partial charge in [-0.1, -0.05) is 12.1 Å². The second-order valence-corrected chi connectivity index (χ2v) is 10.8. The predicted molar refractivity (Wildman–Crippen MR) is 127 cm³/mol.